The number of aliphatic imine (C=N–C) groups is 1. The summed E-state index contributed by atoms with van der Waals surface area (Å²) in [5.74, 6) is -0.395. The number of aromatic nitrogens is 1. The van der Waals surface area contributed by atoms with Gasteiger partial charge in [-0.25, -0.2) is 13.8 Å². The number of thiazole rings is 1. The monoisotopic (exact) mass is 338 g/mol. The van der Waals surface area contributed by atoms with Gasteiger partial charge in [-0.3, -0.25) is 4.99 Å². The Morgan fingerprint density at radius 2 is 2.00 bits per heavy atom. The summed E-state index contributed by atoms with van der Waals surface area (Å²) in [6, 6.07) is 3.56. The Morgan fingerprint density at radius 1 is 1.30 bits per heavy atom. The molecular formula is C16H20F2N4S. The van der Waals surface area contributed by atoms with Crippen molar-refractivity contribution in [2.75, 3.05) is 20.6 Å². The summed E-state index contributed by atoms with van der Waals surface area (Å²) in [6.07, 6.45) is 0.511. The first-order valence-corrected chi connectivity index (χ1v) is 8.13. The van der Waals surface area contributed by atoms with Crippen LogP contribution in [0.2, 0.25) is 0 Å². The molecule has 23 heavy (non-hydrogen) atoms. The molecule has 0 aliphatic heterocycles. The number of nitrogens with zero attached hydrogens (tertiary/aromatic N) is 3. The lowest BCUT2D eigenvalue weighted by Crippen LogP contribution is -2.39. The van der Waals surface area contributed by atoms with Gasteiger partial charge >= 0.3 is 0 Å². The van der Waals surface area contributed by atoms with Crippen molar-refractivity contribution in [1.29, 1.82) is 0 Å². The number of rotatable bonds is 5. The largest absolute Gasteiger partial charge is 0.356 e. The van der Waals surface area contributed by atoms with Gasteiger partial charge in [-0.05, 0) is 31.0 Å². The highest BCUT2D eigenvalue weighted by molar-refractivity contribution is 7.09. The molecule has 124 valence electrons. The maximum Gasteiger partial charge on any atom is 0.193 e. The smallest absolute Gasteiger partial charge is 0.193 e. The highest BCUT2D eigenvalue weighted by atomic mass is 32.1. The first-order chi connectivity index (χ1) is 11.0. The van der Waals surface area contributed by atoms with E-state index in [-0.39, 0.29) is 0 Å². The summed E-state index contributed by atoms with van der Waals surface area (Å²) in [5.41, 5.74) is 1.60. The summed E-state index contributed by atoms with van der Waals surface area (Å²) in [4.78, 5) is 10.6. The van der Waals surface area contributed by atoms with Crippen LogP contribution in [-0.4, -0.2) is 36.5 Å². The van der Waals surface area contributed by atoms with Gasteiger partial charge in [-0.1, -0.05) is 0 Å². The van der Waals surface area contributed by atoms with Crippen LogP contribution in [0.5, 0.6) is 0 Å². The molecule has 0 radical (unpaired) electrons. The second-order valence-electron chi connectivity index (χ2n) is 5.22. The zero-order valence-electron chi connectivity index (χ0n) is 13.4. The predicted molar refractivity (Wildman–Crippen MR) is 89.7 cm³/mol. The number of nitrogens with one attached hydrogen (secondary N) is 1. The molecule has 7 heteroatoms. The van der Waals surface area contributed by atoms with E-state index < -0.39 is 11.6 Å². The number of guanidine groups is 1. The Kier molecular flexibility index (Phi) is 6.04. The minimum absolute atomic E-state index is 0.511. The molecule has 0 saturated carbocycles. The van der Waals surface area contributed by atoms with E-state index in [0.29, 0.717) is 31.0 Å². The van der Waals surface area contributed by atoms with Crippen LogP contribution < -0.4 is 5.32 Å². The van der Waals surface area contributed by atoms with Gasteiger partial charge in [0.15, 0.2) is 5.96 Å². The molecule has 1 aromatic carbocycles. The molecule has 0 spiro atoms. The van der Waals surface area contributed by atoms with Crippen LogP contribution in [-0.2, 0) is 13.0 Å². The average Bonchev–Trinajstić information content (AvgIpc) is 2.87. The fourth-order valence-electron chi connectivity index (χ4n) is 2.26. The third kappa shape index (κ3) is 5.28. The van der Waals surface area contributed by atoms with E-state index in [1.165, 1.54) is 12.1 Å². The van der Waals surface area contributed by atoms with Crippen LogP contribution in [0.3, 0.4) is 0 Å². The van der Waals surface area contributed by atoms with Crippen LogP contribution >= 0.6 is 11.3 Å². The molecule has 1 aromatic heterocycles. The van der Waals surface area contributed by atoms with E-state index >= 15 is 0 Å². The van der Waals surface area contributed by atoms with Crippen molar-refractivity contribution in [3.05, 3.63) is 51.5 Å². The molecule has 0 bridgehead atoms. The molecule has 0 unspecified atom stereocenters. The Labute approximate surface area is 138 Å². The summed E-state index contributed by atoms with van der Waals surface area (Å²) in [5, 5.41) is 6.24. The quantitative estimate of drug-likeness (QED) is 0.673. The Hall–Kier alpha value is -2.02. The lowest BCUT2D eigenvalue weighted by atomic mass is 10.1. The van der Waals surface area contributed by atoms with Crippen LogP contribution in [0.4, 0.5) is 8.78 Å². The molecule has 4 nitrogen and oxygen atoms in total. The Balaban J connectivity index is 1.87. The second kappa shape index (κ2) is 8.01. The van der Waals surface area contributed by atoms with Crippen LogP contribution in [0.15, 0.2) is 28.6 Å². The summed E-state index contributed by atoms with van der Waals surface area (Å²) >= 11 is 1.61. The van der Waals surface area contributed by atoms with Crippen molar-refractivity contribution in [2.24, 2.45) is 4.99 Å². The molecular weight excluding hydrogens is 318 g/mol. The molecule has 1 N–H and O–H groups in total. The highest BCUT2D eigenvalue weighted by Crippen LogP contribution is 2.10. The van der Waals surface area contributed by atoms with Gasteiger partial charge in [0, 0.05) is 32.1 Å². The summed E-state index contributed by atoms with van der Waals surface area (Å²) in [7, 11) is 3.62. The Morgan fingerprint density at radius 3 is 2.57 bits per heavy atom. The van der Waals surface area contributed by atoms with Gasteiger partial charge in [0.2, 0.25) is 0 Å². The topological polar surface area (TPSA) is 40.5 Å². The van der Waals surface area contributed by atoms with E-state index in [2.05, 4.69) is 15.3 Å². The highest BCUT2D eigenvalue weighted by Gasteiger charge is 2.08. The van der Waals surface area contributed by atoms with Crippen molar-refractivity contribution in [3.8, 4) is 0 Å². The van der Waals surface area contributed by atoms with Crippen molar-refractivity contribution >= 4 is 17.3 Å². The minimum atomic E-state index is -0.555. The van der Waals surface area contributed by atoms with E-state index in [9.17, 15) is 8.78 Å². The fraction of sp³-hybridized carbons (Fsp3) is 0.375. The lowest BCUT2D eigenvalue weighted by Gasteiger charge is -2.21. The van der Waals surface area contributed by atoms with Crippen LogP contribution in [0, 0.1) is 18.6 Å². The van der Waals surface area contributed by atoms with Gasteiger partial charge < -0.3 is 10.2 Å². The van der Waals surface area contributed by atoms with E-state index in [1.54, 1.807) is 18.4 Å². The third-order valence-electron chi connectivity index (χ3n) is 3.26. The average molecular weight is 338 g/mol. The van der Waals surface area contributed by atoms with Crippen molar-refractivity contribution in [2.45, 2.75) is 19.9 Å². The number of aryl methyl sites for hydroxylation is 1. The molecule has 0 atom stereocenters. The number of hydrogen-bond donors (Lipinski definition) is 1. The molecule has 2 rings (SSSR count). The minimum Gasteiger partial charge on any atom is -0.356 e. The maximum absolute atomic E-state index is 13.2. The standard InChI is InChI=1S/C16H20F2N4S/c1-11-21-15(10-23-11)9-22(3)16(19-2)20-5-4-12-6-13(17)8-14(18)7-12/h6-8,10H,4-5,9H2,1-3H3,(H,19,20). The van der Waals surface area contributed by atoms with Gasteiger partial charge in [0.05, 0.1) is 17.2 Å². The molecule has 0 amide bonds. The van der Waals surface area contributed by atoms with Crippen LogP contribution in [0.1, 0.15) is 16.3 Å². The van der Waals surface area contributed by atoms with Gasteiger partial charge in [-0.2, -0.15) is 0 Å². The van der Waals surface area contributed by atoms with E-state index in [4.69, 9.17) is 0 Å². The molecule has 0 fully saturated rings. The lowest BCUT2D eigenvalue weighted by molar-refractivity contribution is 0.471. The molecule has 0 aliphatic rings. The van der Waals surface area contributed by atoms with E-state index in [1.807, 2.05) is 24.3 Å². The number of halogens is 2. The van der Waals surface area contributed by atoms with Gasteiger partial charge in [-0.15, -0.1) is 11.3 Å². The third-order valence-corrected chi connectivity index (χ3v) is 4.08. The molecule has 0 saturated heterocycles. The maximum atomic E-state index is 13.2. The normalized spacial score (nSPS) is 11.6. The fourth-order valence-corrected chi connectivity index (χ4v) is 2.86. The SMILES string of the molecule is CN=C(NCCc1cc(F)cc(F)c1)N(C)Cc1csc(C)n1. The van der Waals surface area contributed by atoms with Gasteiger partial charge in [0.1, 0.15) is 11.6 Å². The van der Waals surface area contributed by atoms with E-state index in [0.717, 1.165) is 16.8 Å². The van der Waals surface area contributed by atoms with Gasteiger partial charge in [0.25, 0.3) is 0 Å². The zero-order valence-corrected chi connectivity index (χ0v) is 14.3. The first-order valence-electron chi connectivity index (χ1n) is 7.25. The molecule has 1 heterocycles. The molecule has 2 aromatic rings. The summed E-state index contributed by atoms with van der Waals surface area (Å²) in [6.45, 7) is 3.16. The van der Waals surface area contributed by atoms with Crippen molar-refractivity contribution < 1.29 is 8.78 Å². The van der Waals surface area contributed by atoms with Crippen LogP contribution in [0.25, 0.3) is 0 Å². The number of benzene rings is 1. The summed E-state index contributed by atoms with van der Waals surface area (Å²) < 4.78 is 26.3. The zero-order chi connectivity index (χ0) is 16.8. The number of hydrogen-bond acceptors (Lipinski definition) is 3. The second-order valence-corrected chi connectivity index (χ2v) is 6.28. The first kappa shape index (κ1) is 17.3. The van der Waals surface area contributed by atoms with Crippen molar-refractivity contribution in [3.63, 3.8) is 0 Å². The Bertz CT molecular complexity index is 664. The molecule has 0 aliphatic carbocycles. The predicted octanol–water partition coefficient (Wildman–Crippen LogP) is 2.98. The van der Waals surface area contributed by atoms with Crippen molar-refractivity contribution in [1.82, 2.24) is 15.2 Å².